The van der Waals surface area contributed by atoms with Crippen LogP contribution in [0, 0.1) is 5.92 Å². The summed E-state index contributed by atoms with van der Waals surface area (Å²) >= 11 is 0. The van der Waals surface area contributed by atoms with Gasteiger partial charge in [-0.15, -0.1) is 0 Å². The Morgan fingerprint density at radius 3 is 2.76 bits per heavy atom. The van der Waals surface area contributed by atoms with Crippen LogP contribution in [0.25, 0.3) is 10.8 Å². The Hall–Kier alpha value is -2.07. The molecule has 2 aromatic carbocycles. The maximum Gasteiger partial charge on any atom is 0.243 e. The smallest absolute Gasteiger partial charge is 0.243 e. The van der Waals surface area contributed by atoms with Gasteiger partial charge in [0.25, 0.3) is 0 Å². The lowest BCUT2D eigenvalue weighted by atomic mass is 9.85. The van der Waals surface area contributed by atoms with Crippen molar-refractivity contribution in [2.75, 3.05) is 27.2 Å². The highest BCUT2D eigenvalue weighted by atomic mass is 16.5. The van der Waals surface area contributed by atoms with Crippen molar-refractivity contribution >= 4 is 16.7 Å². The van der Waals surface area contributed by atoms with Crippen molar-refractivity contribution in [3.63, 3.8) is 0 Å². The minimum absolute atomic E-state index is 0.236. The van der Waals surface area contributed by atoms with Crippen LogP contribution in [0.5, 0.6) is 5.75 Å². The first-order valence-corrected chi connectivity index (χ1v) is 9.25. The van der Waals surface area contributed by atoms with Gasteiger partial charge in [-0.05, 0) is 42.8 Å². The van der Waals surface area contributed by atoms with Crippen LogP contribution >= 0.6 is 0 Å². The standard InChI is InChI=1S/C21H24N2O2/c1-22-13-14-12-18(23-11-5-10-21(14,23)20(22)24)16-8-9-19(25-2)17-7-4-3-6-15(16)17/h3-4,6-9,14,18H,5,10-13H2,1-2H3/t14-,18-,21-/m0/s1. The van der Waals surface area contributed by atoms with Gasteiger partial charge < -0.3 is 9.64 Å². The molecule has 0 saturated carbocycles. The van der Waals surface area contributed by atoms with Crippen LogP contribution in [0.1, 0.15) is 30.9 Å². The van der Waals surface area contributed by atoms with E-state index in [4.69, 9.17) is 4.74 Å². The van der Waals surface area contributed by atoms with Gasteiger partial charge in [0.05, 0.1) is 7.11 Å². The number of carbonyl (C=O) groups excluding carboxylic acids is 1. The SMILES string of the molecule is COc1ccc([C@@H]2C[C@H]3CN(C)C(=O)[C@]34CCCN24)c2ccccc12. The van der Waals surface area contributed by atoms with Crippen molar-refractivity contribution < 1.29 is 9.53 Å². The Labute approximate surface area is 148 Å². The van der Waals surface area contributed by atoms with Crippen molar-refractivity contribution in [1.82, 2.24) is 9.80 Å². The highest BCUT2D eigenvalue weighted by Gasteiger charge is 2.64. The number of hydrogen-bond donors (Lipinski definition) is 0. The molecule has 3 aliphatic rings. The van der Waals surface area contributed by atoms with Crippen molar-refractivity contribution in [3.8, 4) is 5.75 Å². The topological polar surface area (TPSA) is 32.8 Å². The molecule has 0 unspecified atom stereocenters. The fourth-order valence-electron chi connectivity index (χ4n) is 5.76. The lowest BCUT2D eigenvalue weighted by Gasteiger charge is -2.33. The van der Waals surface area contributed by atoms with Gasteiger partial charge in [0.2, 0.25) is 5.91 Å². The lowest BCUT2D eigenvalue weighted by Crippen LogP contribution is -2.49. The molecule has 1 spiro atoms. The summed E-state index contributed by atoms with van der Waals surface area (Å²) in [7, 11) is 3.69. The predicted octanol–water partition coefficient (Wildman–Crippen LogP) is 3.22. The molecular weight excluding hydrogens is 312 g/mol. The van der Waals surface area contributed by atoms with Crippen molar-refractivity contribution in [3.05, 3.63) is 42.0 Å². The molecule has 0 radical (unpaired) electrons. The van der Waals surface area contributed by atoms with Crippen LogP contribution in [0.15, 0.2) is 36.4 Å². The highest BCUT2D eigenvalue weighted by Crippen LogP contribution is 2.56. The third kappa shape index (κ3) is 1.83. The van der Waals surface area contributed by atoms with Gasteiger partial charge in [0.15, 0.2) is 0 Å². The molecule has 0 N–H and O–H groups in total. The summed E-state index contributed by atoms with van der Waals surface area (Å²) < 4.78 is 5.56. The number of nitrogens with zero attached hydrogens (tertiary/aromatic N) is 2. The Balaban J connectivity index is 1.64. The summed E-state index contributed by atoms with van der Waals surface area (Å²) in [6.07, 6.45) is 3.22. The minimum Gasteiger partial charge on any atom is -0.496 e. The molecule has 4 nitrogen and oxygen atoms in total. The fraction of sp³-hybridized carbons (Fsp3) is 0.476. The van der Waals surface area contributed by atoms with Gasteiger partial charge in [0, 0.05) is 30.9 Å². The molecule has 0 aliphatic carbocycles. The number of amides is 1. The van der Waals surface area contributed by atoms with E-state index in [1.807, 2.05) is 11.9 Å². The number of carbonyl (C=O) groups is 1. The van der Waals surface area contributed by atoms with Gasteiger partial charge in [-0.2, -0.15) is 0 Å². The van der Waals surface area contributed by atoms with Crippen molar-refractivity contribution in [2.24, 2.45) is 5.92 Å². The van der Waals surface area contributed by atoms with Gasteiger partial charge in [-0.25, -0.2) is 0 Å². The molecule has 3 atom stereocenters. The van der Waals surface area contributed by atoms with Gasteiger partial charge in [0.1, 0.15) is 11.3 Å². The maximum atomic E-state index is 13.0. The summed E-state index contributed by atoms with van der Waals surface area (Å²) in [6.45, 7) is 1.93. The van der Waals surface area contributed by atoms with E-state index < -0.39 is 0 Å². The maximum absolute atomic E-state index is 13.0. The van der Waals surface area contributed by atoms with Crippen LogP contribution in [0.3, 0.4) is 0 Å². The Morgan fingerprint density at radius 2 is 1.96 bits per heavy atom. The average molecular weight is 336 g/mol. The van der Waals surface area contributed by atoms with Crippen molar-refractivity contribution in [1.29, 1.82) is 0 Å². The second kappa shape index (κ2) is 5.21. The molecule has 0 aromatic heterocycles. The van der Waals surface area contributed by atoms with E-state index in [0.717, 1.165) is 43.5 Å². The Kier molecular flexibility index (Phi) is 3.17. The second-order valence-electron chi connectivity index (χ2n) is 7.76. The number of hydrogen-bond acceptors (Lipinski definition) is 3. The summed E-state index contributed by atoms with van der Waals surface area (Å²) in [5.41, 5.74) is 1.11. The first kappa shape index (κ1) is 15.2. The quantitative estimate of drug-likeness (QED) is 0.844. The van der Waals surface area contributed by atoms with Crippen LogP contribution in [-0.4, -0.2) is 48.5 Å². The predicted molar refractivity (Wildman–Crippen MR) is 97.7 cm³/mol. The number of rotatable bonds is 2. The molecular formula is C21H24N2O2. The van der Waals surface area contributed by atoms with Crippen LogP contribution in [0.4, 0.5) is 0 Å². The molecule has 4 heteroatoms. The summed E-state index contributed by atoms with van der Waals surface area (Å²) in [5.74, 6) is 1.72. The summed E-state index contributed by atoms with van der Waals surface area (Å²) in [4.78, 5) is 17.5. The van der Waals surface area contributed by atoms with Gasteiger partial charge in [-0.1, -0.05) is 30.3 Å². The van der Waals surface area contributed by atoms with E-state index in [1.54, 1.807) is 7.11 Å². The number of ether oxygens (including phenoxy) is 1. The molecule has 1 amide bonds. The molecule has 25 heavy (non-hydrogen) atoms. The molecule has 3 fully saturated rings. The second-order valence-corrected chi connectivity index (χ2v) is 7.76. The monoisotopic (exact) mass is 336 g/mol. The summed E-state index contributed by atoms with van der Waals surface area (Å²) in [6, 6.07) is 13.1. The molecule has 3 heterocycles. The molecule has 130 valence electrons. The zero-order valence-corrected chi connectivity index (χ0v) is 14.9. The van der Waals surface area contributed by atoms with E-state index in [9.17, 15) is 4.79 Å². The largest absolute Gasteiger partial charge is 0.496 e. The molecule has 0 bridgehead atoms. The molecule has 3 saturated heterocycles. The summed E-state index contributed by atoms with van der Waals surface area (Å²) in [5, 5.41) is 2.42. The zero-order valence-electron chi connectivity index (χ0n) is 14.9. The molecule has 5 rings (SSSR count). The van der Waals surface area contributed by atoms with Gasteiger partial charge in [-0.3, -0.25) is 9.69 Å². The van der Waals surface area contributed by atoms with E-state index in [0.29, 0.717) is 17.9 Å². The number of likely N-dealkylation sites (N-methyl/N-ethyl adjacent to an activating group) is 1. The van der Waals surface area contributed by atoms with Crippen molar-refractivity contribution in [2.45, 2.75) is 30.8 Å². The van der Waals surface area contributed by atoms with Crippen LogP contribution < -0.4 is 4.74 Å². The number of benzene rings is 2. The van der Waals surface area contributed by atoms with E-state index >= 15 is 0 Å². The highest BCUT2D eigenvalue weighted by molar-refractivity contribution is 5.93. The van der Waals surface area contributed by atoms with E-state index in [1.165, 1.54) is 10.9 Å². The van der Waals surface area contributed by atoms with E-state index in [2.05, 4.69) is 41.3 Å². The first-order chi connectivity index (χ1) is 12.2. The minimum atomic E-state index is -0.236. The average Bonchev–Trinajstić information content (AvgIpc) is 3.26. The number of methoxy groups -OCH3 is 1. The molecule has 3 aliphatic heterocycles. The Bertz CT molecular complexity index is 864. The number of likely N-dealkylation sites (tertiary alicyclic amines) is 1. The van der Waals surface area contributed by atoms with E-state index in [-0.39, 0.29) is 5.54 Å². The third-order valence-electron chi connectivity index (χ3n) is 6.74. The van der Waals surface area contributed by atoms with Crippen LogP contribution in [0.2, 0.25) is 0 Å². The Morgan fingerprint density at radius 1 is 1.16 bits per heavy atom. The fourth-order valence-corrected chi connectivity index (χ4v) is 5.76. The molecule has 2 aromatic rings. The van der Waals surface area contributed by atoms with Crippen LogP contribution in [-0.2, 0) is 4.79 Å². The zero-order chi connectivity index (χ0) is 17.2. The third-order valence-corrected chi connectivity index (χ3v) is 6.74. The lowest BCUT2D eigenvalue weighted by molar-refractivity contribution is -0.135. The normalized spacial score (nSPS) is 31.6. The van der Waals surface area contributed by atoms with Gasteiger partial charge >= 0.3 is 0 Å². The first-order valence-electron chi connectivity index (χ1n) is 9.25. The number of fused-ring (bicyclic) bond motifs is 1.